The summed E-state index contributed by atoms with van der Waals surface area (Å²) < 4.78 is 47.5. The van der Waals surface area contributed by atoms with Crippen LogP contribution in [0.25, 0.3) is 11.4 Å². The van der Waals surface area contributed by atoms with E-state index >= 15 is 0 Å². The van der Waals surface area contributed by atoms with Gasteiger partial charge in [0.25, 0.3) is 0 Å². The van der Waals surface area contributed by atoms with E-state index in [0.29, 0.717) is 16.5 Å². The normalized spacial score (nSPS) is 12.3. The first-order valence-corrected chi connectivity index (χ1v) is 8.38. The highest BCUT2D eigenvalue weighted by molar-refractivity contribution is 9.08. The van der Waals surface area contributed by atoms with Crippen LogP contribution in [0.4, 0.5) is 13.2 Å². The molecule has 0 aliphatic rings. The van der Waals surface area contributed by atoms with Gasteiger partial charge >= 0.3 is 18.0 Å². The number of halogens is 4. The molecule has 0 saturated heterocycles. The third kappa shape index (κ3) is 4.59. The Morgan fingerprint density at radius 2 is 1.92 bits per heavy atom. The number of nitrogens with zero attached hydrogens (tertiary/aromatic N) is 2. The quantitative estimate of drug-likeness (QED) is 0.520. The Kier molecular flexibility index (Phi) is 5.27. The smallest absolute Gasteiger partial charge is 0.456 e. The van der Waals surface area contributed by atoms with Crippen molar-refractivity contribution in [2.24, 2.45) is 0 Å². The van der Waals surface area contributed by atoms with E-state index in [1.165, 1.54) is 6.07 Å². The maximum absolute atomic E-state index is 12.6. The van der Waals surface area contributed by atoms with Gasteiger partial charge in [0, 0.05) is 10.9 Å². The molecule has 0 radical (unpaired) electrons. The zero-order chi connectivity index (χ0) is 19.0. The van der Waals surface area contributed by atoms with Crippen molar-refractivity contribution in [2.45, 2.75) is 44.8 Å². The third-order valence-corrected chi connectivity index (χ3v) is 3.71. The van der Waals surface area contributed by atoms with Gasteiger partial charge in [0.15, 0.2) is 0 Å². The first-order chi connectivity index (χ1) is 11.4. The molecule has 0 spiro atoms. The molecule has 0 aliphatic heterocycles. The molecular weight excluding hydrogens is 405 g/mol. The average Bonchev–Trinajstić information content (AvgIpc) is 2.94. The van der Waals surface area contributed by atoms with Gasteiger partial charge in [0.1, 0.15) is 5.60 Å². The van der Waals surface area contributed by atoms with Crippen LogP contribution in [-0.2, 0) is 16.2 Å². The molecule has 136 valence electrons. The molecule has 0 bridgehead atoms. The molecule has 1 aromatic carbocycles. The molecule has 2 rings (SSSR count). The third-order valence-electron chi connectivity index (χ3n) is 3.15. The molecule has 1 heterocycles. The Balaban J connectivity index is 2.51. The molecule has 5 nitrogen and oxygen atoms in total. The highest BCUT2D eigenvalue weighted by Crippen LogP contribution is 2.31. The molecule has 1 aromatic heterocycles. The topological polar surface area (TPSA) is 65.2 Å². The highest BCUT2D eigenvalue weighted by atomic mass is 79.9. The summed E-state index contributed by atoms with van der Waals surface area (Å²) in [5.41, 5.74) is 1.13. The second-order valence-corrected chi connectivity index (χ2v) is 6.94. The lowest BCUT2D eigenvalue weighted by Gasteiger charge is -2.21. The van der Waals surface area contributed by atoms with Gasteiger partial charge in [0.2, 0.25) is 5.82 Å². The first-order valence-electron chi connectivity index (χ1n) is 7.26. The van der Waals surface area contributed by atoms with Crippen LogP contribution in [0.2, 0.25) is 0 Å². The molecular formula is C16H16BrF3N2O3. The Morgan fingerprint density at radius 1 is 1.28 bits per heavy atom. The number of aryl methyl sites for hydroxylation is 1. The summed E-state index contributed by atoms with van der Waals surface area (Å²) >= 11 is 3.31. The Hall–Kier alpha value is -1.90. The van der Waals surface area contributed by atoms with Gasteiger partial charge in [-0.3, -0.25) is 0 Å². The second kappa shape index (κ2) is 6.78. The Labute approximate surface area is 150 Å². The molecule has 0 amide bonds. The lowest BCUT2D eigenvalue weighted by Crippen LogP contribution is -2.24. The summed E-state index contributed by atoms with van der Waals surface area (Å²) in [7, 11) is 0. The second-order valence-electron chi connectivity index (χ2n) is 6.38. The van der Waals surface area contributed by atoms with Crippen molar-refractivity contribution in [3.05, 3.63) is 34.7 Å². The maximum Gasteiger partial charge on any atom is 0.471 e. The minimum absolute atomic E-state index is 0.236. The predicted octanol–water partition coefficient (Wildman–Crippen LogP) is 4.91. The van der Waals surface area contributed by atoms with E-state index in [2.05, 4.69) is 30.6 Å². The molecule has 0 N–H and O–H groups in total. The lowest BCUT2D eigenvalue weighted by molar-refractivity contribution is -0.159. The van der Waals surface area contributed by atoms with Gasteiger partial charge < -0.3 is 9.26 Å². The van der Waals surface area contributed by atoms with Gasteiger partial charge in [-0.1, -0.05) is 21.1 Å². The van der Waals surface area contributed by atoms with Crippen molar-refractivity contribution < 1.29 is 27.2 Å². The standard InChI is InChI=1S/C16H16BrF3N2O3/c1-8-5-9(12-21-14(25-22-12)16(18,19)20)6-10(11(8)7-17)13(23)24-15(2,3)4/h5-6H,7H2,1-4H3. The first kappa shape index (κ1) is 19.4. The molecule has 25 heavy (non-hydrogen) atoms. The lowest BCUT2D eigenvalue weighted by atomic mass is 9.99. The number of aromatic nitrogens is 2. The zero-order valence-electron chi connectivity index (χ0n) is 14.0. The molecule has 2 aromatic rings. The molecule has 0 atom stereocenters. The highest BCUT2D eigenvalue weighted by Gasteiger charge is 2.38. The summed E-state index contributed by atoms with van der Waals surface area (Å²) in [5, 5.41) is 3.74. The number of hydrogen-bond acceptors (Lipinski definition) is 5. The number of benzene rings is 1. The summed E-state index contributed by atoms with van der Waals surface area (Å²) in [4.78, 5) is 15.8. The number of carbonyl (C=O) groups excluding carboxylic acids is 1. The van der Waals surface area contributed by atoms with E-state index in [0.717, 1.165) is 0 Å². The molecule has 0 saturated carbocycles. The number of rotatable bonds is 3. The summed E-state index contributed by atoms with van der Waals surface area (Å²) in [6, 6.07) is 3.00. The fourth-order valence-electron chi connectivity index (χ4n) is 2.09. The van der Waals surface area contributed by atoms with Crippen LogP contribution in [0.3, 0.4) is 0 Å². The van der Waals surface area contributed by atoms with Crippen molar-refractivity contribution in [3.8, 4) is 11.4 Å². The minimum Gasteiger partial charge on any atom is -0.456 e. The van der Waals surface area contributed by atoms with E-state index < -0.39 is 23.6 Å². The molecule has 0 unspecified atom stereocenters. The van der Waals surface area contributed by atoms with E-state index in [1.54, 1.807) is 33.8 Å². The largest absolute Gasteiger partial charge is 0.471 e. The van der Waals surface area contributed by atoms with Gasteiger partial charge in [0.05, 0.1) is 5.56 Å². The number of alkyl halides is 4. The number of ether oxygens (including phenoxy) is 1. The summed E-state index contributed by atoms with van der Waals surface area (Å²) in [6.07, 6.45) is -4.73. The molecule has 0 fully saturated rings. The zero-order valence-corrected chi connectivity index (χ0v) is 15.6. The van der Waals surface area contributed by atoms with Gasteiger partial charge in [-0.05, 0) is 51.0 Å². The van der Waals surface area contributed by atoms with E-state index in [-0.39, 0.29) is 17.0 Å². The van der Waals surface area contributed by atoms with Crippen LogP contribution in [0.1, 0.15) is 48.1 Å². The average molecular weight is 421 g/mol. The molecule has 9 heteroatoms. The number of carbonyl (C=O) groups is 1. The molecule has 0 aliphatic carbocycles. The van der Waals surface area contributed by atoms with E-state index in [4.69, 9.17) is 4.74 Å². The monoisotopic (exact) mass is 420 g/mol. The van der Waals surface area contributed by atoms with Crippen LogP contribution in [0.15, 0.2) is 16.7 Å². The summed E-state index contributed by atoms with van der Waals surface area (Å²) in [5.74, 6) is -2.27. The van der Waals surface area contributed by atoms with Crippen LogP contribution in [-0.4, -0.2) is 21.7 Å². The van der Waals surface area contributed by atoms with Crippen molar-refractivity contribution >= 4 is 21.9 Å². The van der Waals surface area contributed by atoms with Crippen molar-refractivity contribution in [3.63, 3.8) is 0 Å². The van der Waals surface area contributed by atoms with Gasteiger partial charge in [-0.15, -0.1) is 0 Å². The number of esters is 1. The van der Waals surface area contributed by atoms with Crippen LogP contribution < -0.4 is 0 Å². The van der Waals surface area contributed by atoms with Gasteiger partial charge in [-0.25, -0.2) is 4.79 Å². The minimum atomic E-state index is -4.73. The Bertz CT molecular complexity index is 795. The fourth-order valence-corrected chi connectivity index (χ4v) is 2.84. The Morgan fingerprint density at radius 3 is 2.40 bits per heavy atom. The predicted molar refractivity (Wildman–Crippen MR) is 87.3 cm³/mol. The van der Waals surface area contributed by atoms with Crippen molar-refractivity contribution in [1.29, 1.82) is 0 Å². The van der Waals surface area contributed by atoms with Crippen molar-refractivity contribution in [2.75, 3.05) is 0 Å². The maximum atomic E-state index is 12.6. The van der Waals surface area contributed by atoms with Crippen LogP contribution in [0.5, 0.6) is 0 Å². The number of hydrogen-bond donors (Lipinski definition) is 0. The van der Waals surface area contributed by atoms with E-state index in [1.807, 2.05) is 0 Å². The fraction of sp³-hybridized carbons (Fsp3) is 0.438. The van der Waals surface area contributed by atoms with E-state index in [9.17, 15) is 18.0 Å². The summed E-state index contributed by atoms with van der Waals surface area (Å²) in [6.45, 7) is 6.91. The van der Waals surface area contributed by atoms with Crippen molar-refractivity contribution in [1.82, 2.24) is 10.1 Å². The SMILES string of the molecule is Cc1cc(-c2noc(C(F)(F)F)n2)cc(C(=O)OC(C)(C)C)c1CBr. The van der Waals surface area contributed by atoms with Gasteiger partial charge in [-0.2, -0.15) is 18.2 Å². The van der Waals surface area contributed by atoms with Crippen LogP contribution in [0, 0.1) is 6.92 Å². The van der Waals surface area contributed by atoms with Crippen LogP contribution >= 0.6 is 15.9 Å².